The van der Waals surface area contributed by atoms with Gasteiger partial charge < -0.3 is 11.1 Å². The minimum absolute atomic E-state index is 0.410. The number of aromatic nitrogens is 3. The molecule has 1 aromatic heterocycles. The second-order valence-electron chi connectivity index (χ2n) is 3.37. The van der Waals surface area contributed by atoms with Gasteiger partial charge in [-0.15, -0.1) is 0 Å². The monoisotopic (exact) mass is 237 g/mol. The number of nitrogen functional groups attached to an aromatic ring is 1. The highest BCUT2D eigenvalue weighted by Crippen LogP contribution is 2.13. The van der Waals surface area contributed by atoms with Crippen LogP contribution in [0.5, 0.6) is 0 Å². The molecule has 16 heavy (non-hydrogen) atoms. The van der Waals surface area contributed by atoms with Gasteiger partial charge in [-0.2, -0.15) is 10.1 Å². The molecule has 0 aliphatic rings. The van der Waals surface area contributed by atoms with E-state index in [0.29, 0.717) is 23.3 Å². The van der Waals surface area contributed by atoms with E-state index in [4.69, 9.17) is 17.3 Å². The molecule has 0 saturated carbocycles. The van der Waals surface area contributed by atoms with Crippen LogP contribution in [0.4, 0.5) is 11.6 Å². The molecule has 6 heteroatoms. The summed E-state index contributed by atoms with van der Waals surface area (Å²) in [5.41, 5.74) is 6.54. The second-order valence-corrected chi connectivity index (χ2v) is 3.81. The molecule has 3 N–H and O–H groups in total. The molecule has 0 bridgehead atoms. The van der Waals surface area contributed by atoms with Crippen molar-refractivity contribution in [2.24, 2.45) is 7.05 Å². The van der Waals surface area contributed by atoms with Crippen molar-refractivity contribution in [2.75, 3.05) is 11.1 Å². The lowest BCUT2D eigenvalue weighted by Crippen LogP contribution is -2.01. The normalized spacial score (nSPS) is 10.4. The Morgan fingerprint density at radius 3 is 2.62 bits per heavy atom. The van der Waals surface area contributed by atoms with Gasteiger partial charge in [0.1, 0.15) is 0 Å². The van der Waals surface area contributed by atoms with E-state index in [2.05, 4.69) is 15.4 Å². The molecule has 0 fully saturated rings. The third-order valence-electron chi connectivity index (χ3n) is 2.14. The fourth-order valence-electron chi connectivity index (χ4n) is 1.28. The summed E-state index contributed by atoms with van der Waals surface area (Å²) in [4.78, 5) is 4.08. The van der Waals surface area contributed by atoms with Crippen LogP contribution >= 0.6 is 11.6 Å². The molecular formula is C10H12ClN5. The Balaban J connectivity index is 1.99. The molecule has 0 saturated heterocycles. The predicted octanol–water partition coefficient (Wildman–Crippen LogP) is 1.66. The van der Waals surface area contributed by atoms with Crippen molar-refractivity contribution in [3.63, 3.8) is 0 Å². The second kappa shape index (κ2) is 4.40. The maximum atomic E-state index is 5.78. The van der Waals surface area contributed by atoms with Crippen molar-refractivity contribution in [3.05, 3.63) is 35.1 Å². The highest BCUT2D eigenvalue weighted by Gasteiger charge is 2.02. The van der Waals surface area contributed by atoms with Crippen LogP contribution in [0.2, 0.25) is 5.02 Å². The molecule has 1 aromatic carbocycles. The number of halogens is 1. The molecule has 0 unspecified atom stereocenters. The minimum atomic E-state index is 0.410. The number of nitrogens with two attached hydrogens (primary N) is 1. The van der Waals surface area contributed by atoms with Crippen LogP contribution in [0.15, 0.2) is 24.3 Å². The summed E-state index contributed by atoms with van der Waals surface area (Å²) in [6.07, 6.45) is 0. The highest BCUT2D eigenvalue weighted by atomic mass is 35.5. The first kappa shape index (κ1) is 10.8. The van der Waals surface area contributed by atoms with Gasteiger partial charge in [-0.25, -0.2) is 4.68 Å². The van der Waals surface area contributed by atoms with Gasteiger partial charge in [0.25, 0.3) is 0 Å². The Morgan fingerprint density at radius 2 is 2.06 bits per heavy atom. The van der Waals surface area contributed by atoms with Crippen molar-refractivity contribution in [1.29, 1.82) is 0 Å². The average molecular weight is 238 g/mol. The Hall–Kier alpha value is -1.75. The van der Waals surface area contributed by atoms with E-state index in [0.717, 1.165) is 5.69 Å². The molecule has 84 valence electrons. The van der Waals surface area contributed by atoms with Crippen LogP contribution < -0.4 is 11.1 Å². The zero-order chi connectivity index (χ0) is 11.5. The Kier molecular flexibility index (Phi) is 2.96. The summed E-state index contributed by atoms with van der Waals surface area (Å²) in [5.74, 6) is 1.07. The number of rotatable bonds is 3. The van der Waals surface area contributed by atoms with Gasteiger partial charge in [0.05, 0.1) is 6.54 Å². The number of aryl methyl sites for hydroxylation is 1. The van der Waals surface area contributed by atoms with Gasteiger partial charge in [-0.3, -0.25) is 0 Å². The van der Waals surface area contributed by atoms with Crippen molar-refractivity contribution >= 4 is 23.2 Å². The lowest BCUT2D eigenvalue weighted by molar-refractivity contribution is 0.756. The smallest absolute Gasteiger partial charge is 0.218 e. The summed E-state index contributed by atoms with van der Waals surface area (Å²) in [5, 5.41) is 8.02. The van der Waals surface area contributed by atoms with Crippen LogP contribution in [-0.4, -0.2) is 14.8 Å². The van der Waals surface area contributed by atoms with Crippen LogP contribution in [0, 0.1) is 0 Å². The number of hydrogen-bond acceptors (Lipinski definition) is 4. The van der Waals surface area contributed by atoms with Crippen LogP contribution in [-0.2, 0) is 13.6 Å². The fraction of sp³-hybridized carbons (Fsp3) is 0.200. The Bertz CT molecular complexity index is 457. The molecule has 0 spiro atoms. The maximum absolute atomic E-state index is 5.78. The Labute approximate surface area is 98.2 Å². The third-order valence-corrected chi connectivity index (χ3v) is 2.39. The third kappa shape index (κ3) is 2.43. The lowest BCUT2D eigenvalue weighted by Gasteiger charge is -2.02. The van der Waals surface area contributed by atoms with Gasteiger partial charge in [0, 0.05) is 17.8 Å². The van der Waals surface area contributed by atoms with E-state index < -0.39 is 0 Å². The van der Waals surface area contributed by atoms with Crippen molar-refractivity contribution < 1.29 is 0 Å². The van der Waals surface area contributed by atoms with Crippen LogP contribution in [0.3, 0.4) is 0 Å². The number of nitrogens with one attached hydrogen (secondary N) is 1. The molecule has 0 radical (unpaired) electrons. The van der Waals surface area contributed by atoms with Gasteiger partial charge in [-0.1, -0.05) is 11.6 Å². The van der Waals surface area contributed by atoms with E-state index >= 15 is 0 Å². The first-order valence-corrected chi connectivity index (χ1v) is 5.18. The summed E-state index contributed by atoms with van der Waals surface area (Å²) in [6.45, 7) is 0.534. The van der Waals surface area contributed by atoms with Gasteiger partial charge in [0.15, 0.2) is 5.82 Å². The number of benzene rings is 1. The molecule has 0 amide bonds. The van der Waals surface area contributed by atoms with Crippen molar-refractivity contribution in [1.82, 2.24) is 14.8 Å². The molecule has 2 aromatic rings. The number of nitrogens with zero attached hydrogens (tertiary/aromatic N) is 3. The van der Waals surface area contributed by atoms with E-state index in [9.17, 15) is 0 Å². The van der Waals surface area contributed by atoms with Gasteiger partial charge in [-0.05, 0) is 24.3 Å². The summed E-state index contributed by atoms with van der Waals surface area (Å²) in [6, 6.07) is 7.44. The largest absolute Gasteiger partial charge is 0.378 e. The maximum Gasteiger partial charge on any atom is 0.218 e. The first-order chi connectivity index (χ1) is 7.65. The molecule has 5 nitrogen and oxygen atoms in total. The zero-order valence-electron chi connectivity index (χ0n) is 8.81. The van der Waals surface area contributed by atoms with Gasteiger partial charge >= 0.3 is 0 Å². The molecule has 0 aliphatic heterocycles. The fourth-order valence-corrected chi connectivity index (χ4v) is 1.40. The molecule has 2 rings (SSSR count). The van der Waals surface area contributed by atoms with Crippen LogP contribution in [0.25, 0.3) is 0 Å². The predicted molar refractivity (Wildman–Crippen MR) is 64.2 cm³/mol. The molecular weight excluding hydrogens is 226 g/mol. The zero-order valence-corrected chi connectivity index (χ0v) is 9.57. The molecule has 1 heterocycles. The van der Waals surface area contributed by atoms with E-state index in [-0.39, 0.29) is 0 Å². The minimum Gasteiger partial charge on any atom is -0.378 e. The topological polar surface area (TPSA) is 68.8 Å². The lowest BCUT2D eigenvalue weighted by atomic mass is 10.3. The van der Waals surface area contributed by atoms with E-state index in [1.165, 1.54) is 0 Å². The summed E-state index contributed by atoms with van der Waals surface area (Å²) >= 11 is 5.78. The van der Waals surface area contributed by atoms with E-state index in [1.54, 1.807) is 11.7 Å². The van der Waals surface area contributed by atoms with Gasteiger partial charge in [0.2, 0.25) is 5.95 Å². The highest BCUT2D eigenvalue weighted by molar-refractivity contribution is 6.30. The average Bonchev–Trinajstić information content (AvgIpc) is 2.58. The van der Waals surface area contributed by atoms with E-state index in [1.807, 2.05) is 24.3 Å². The Morgan fingerprint density at radius 1 is 1.38 bits per heavy atom. The SMILES string of the molecule is Cn1nc(CNc2ccc(Cl)cc2)nc1N. The van der Waals surface area contributed by atoms with Crippen molar-refractivity contribution in [2.45, 2.75) is 6.54 Å². The van der Waals surface area contributed by atoms with Crippen LogP contribution in [0.1, 0.15) is 5.82 Å². The summed E-state index contributed by atoms with van der Waals surface area (Å²) < 4.78 is 1.54. The number of hydrogen-bond donors (Lipinski definition) is 2. The molecule has 0 atom stereocenters. The van der Waals surface area contributed by atoms with Crippen molar-refractivity contribution in [3.8, 4) is 0 Å². The summed E-state index contributed by atoms with van der Waals surface area (Å²) in [7, 11) is 1.76. The number of anilines is 2. The quantitative estimate of drug-likeness (QED) is 0.852. The molecule has 0 aliphatic carbocycles. The first-order valence-electron chi connectivity index (χ1n) is 4.80. The standard InChI is InChI=1S/C10H12ClN5/c1-16-10(12)14-9(15-16)6-13-8-4-2-7(11)3-5-8/h2-5,13H,6H2,1H3,(H2,12,14,15).